The first-order valence-corrected chi connectivity index (χ1v) is 11.3. The van der Waals surface area contributed by atoms with Gasteiger partial charge >= 0.3 is 12.1 Å². The molecule has 0 aromatic heterocycles. The first kappa shape index (κ1) is 25.3. The fraction of sp³-hybridized carbons (Fsp3) is 0.609. The van der Waals surface area contributed by atoms with E-state index in [-0.39, 0.29) is 42.6 Å². The minimum Gasteiger partial charge on any atom is -0.368 e. The van der Waals surface area contributed by atoms with Crippen LogP contribution in [0.3, 0.4) is 0 Å². The minimum atomic E-state index is -0.248. The molecule has 5 amide bonds. The van der Waals surface area contributed by atoms with Gasteiger partial charge in [-0.05, 0) is 65.8 Å². The molecule has 1 fully saturated rings. The lowest BCUT2D eigenvalue weighted by atomic mass is 10.2. The Morgan fingerprint density at radius 1 is 0.875 bits per heavy atom. The predicted octanol–water partition coefficient (Wildman–Crippen LogP) is 2.69. The standard InChI is InChI=1S/C23H38N6O3/c1-16(2)24-22(31)28-13-11-27(12-14-28)20-9-7-19(8-10-20)26-21(30)15-29(18(5)6)23(32)25-17(3)4/h7-10,16-18H,11-15H2,1-6H3,(H,24,31)(H,25,32)(H,26,30). The van der Waals surface area contributed by atoms with E-state index in [4.69, 9.17) is 0 Å². The average molecular weight is 447 g/mol. The van der Waals surface area contributed by atoms with Gasteiger partial charge in [0, 0.05) is 55.7 Å². The van der Waals surface area contributed by atoms with Crippen LogP contribution in [-0.2, 0) is 4.79 Å². The average Bonchev–Trinajstić information content (AvgIpc) is 2.71. The van der Waals surface area contributed by atoms with Gasteiger partial charge in [0.25, 0.3) is 0 Å². The lowest BCUT2D eigenvalue weighted by Gasteiger charge is -2.36. The van der Waals surface area contributed by atoms with Crippen LogP contribution in [0.4, 0.5) is 21.0 Å². The van der Waals surface area contributed by atoms with E-state index in [9.17, 15) is 14.4 Å². The summed E-state index contributed by atoms with van der Waals surface area (Å²) >= 11 is 0. The number of benzene rings is 1. The van der Waals surface area contributed by atoms with Crippen molar-refractivity contribution in [2.75, 3.05) is 42.9 Å². The number of nitrogens with one attached hydrogen (secondary N) is 3. The second kappa shape index (κ2) is 11.6. The van der Waals surface area contributed by atoms with Gasteiger partial charge in [-0.2, -0.15) is 0 Å². The van der Waals surface area contributed by atoms with E-state index < -0.39 is 0 Å². The highest BCUT2D eigenvalue weighted by Crippen LogP contribution is 2.20. The molecule has 1 aromatic rings. The molecular weight excluding hydrogens is 408 g/mol. The molecule has 0 spiro atoms. The van der Waals surface area contributed by atoms with E-state index >= 15 is 0 Å². The number of urea groups is 2. The van der Waals surface area contributed by atoms with Gasteiger partial charge in [-0.1, -0.05) is 0 Å². The molecule has 0 saturated carbocycles. The molecule has 1 aliphatic heterocycles. The molecule has 1 aliphatic rings. The Kier molecular flexibility index (Phi) is 9.16. The molecule has 1 aromatic carbocycles. The zero-order valence-corrected chi connectivity index (χ0v) is 20.1. The van der Waals surface area contributed by atoms with Crippen molar-refractivity contribution in [1.82, 2.24) is 20.4 Å². The molecule has 3 N–H and O–H groups in total. The topological polar surface area (TPSA) is 97.0 Å². The summed E-state index contributed by atoms with van der Waals surface area (Å²) in [5.74, 6) is -0.241. The lowest BCUT2D eigenvalue weighted by molar-refractivity contribution is -0.117. The van der Waals surface area contributed by atoms with Gasteiger partial charge in [-0.25, -0.2) is 9.59 Å². The van der Waals surface area contributed by atoms with E-state index in [0.29, 0.717) is 18.8 Å². The van der Waals surface area contributed by atoms with Gasteiger partial charge in [-0.3, -0.25) is 4.79 Å². The maximum absolute atomic E-state index is 12.5. The Morgan fingerprint density at radius 2 is 1.44 bits per heavy atom. The van der Waals surface area contributed by atoms with Crippen LogP contribution in [0.2, 0.25) is 0 Å². The molecular formula is C23H38N6O3. The number of amides is 5. The predicted molar refractivity (Wildman–Crippen MR) is 128 cm³/mol. The maximum atomic E-state index is 12.5. The third-order valence-electron chi connectivity index (χ3n) is 5.11. The molecule has 1 heterocycles. The summed E-state index contributed by atoms with van der Waals surface area (Å²) in [5, 5.41) is 8.62. The Hall–Kier alpha value is -2.97. The van der Waals surface area contributed by atoms with E-state index in [2.05, 4.69) is 20.9 Å². The summed E-state index contributed by atoms with van der Waals surface area (Å²) < 4.78 is 0. The Morgan fingerprint density at radius 3 is 1.94 bits per heavy atom. The number of carbonyl (C=O) groups excluding carboxylic acids is 3. The summed E-state index contributed by atoms with van der Waals surface area (Å²) in [4.78, 5) is 42.5. The first-order chi connectivity index (χ1) is 15.1. The number of hydrogen-bond acceptors (Lipinski definition) is 4. The monoisotopic (exact) mass is 446 g/mol. The number of hydrogen-bond donors (Lipinski definition) is 3. The van der Waals surface area contributed by atoms with Crippen LogP contribution in [0.25, 0.3) is 0 Å². The van der Waals surface area contributed by atoms with Crippen molar-refractivity contribution in [3.05, 3.63) is 24.3 Å². The normalized spacial score (nSPS) is 14.0. The molecule has 0 aliphatic carbocycles. The third-order valence-corrected chi connectivity index (χ3v) is 5.11. The quantitative estimate of drug-likeness (QED) is 0.600. The fourth-order valence-electron chi connectivity index (χ4n) is 3.44. The van der Waals surface area contributed by atoms with Crippen molar-refractivity contribution in [2.24, 2.45) is 0 Å². The molecule has 0 unspecified atom stereocenters. The SMILES string of the molecule is CC(C)NC(=O)N1CCN(c2ccc(NC(=O)CN(C(=O)NC(C)C)C(C)C)cc2)CC1. The highest BCUT2D eigenvalue weighted by Gasteiger charge is 2.22. The molecule has 0 atom stereocenters. The molecule has 2 rings (SSSR count). The van der Waals surface area contributed by atoms with Gasteiger partial charge in [0.2, 0.25) is 5.91 Å². The molecule has 0 bridgehead atoms. The smallest absolute Gasteiger partial charge is 0.318 e. The number of nitrogens with zero attached hydrogens (tertiary/aromatic N) is 3. The maximum Gasteiger partial charge on any atom is 0.318 e. The summed E-state index contributed by atoms with van der Waals surface area (Å²) in [6.07, 6.45) is 0. The zero-order valence-electron chi connectivity index (χ0n) is 20.1. The zero-order chi connectivity index (χ0) is 23.8. The molecule has 1 saturated heterocycles. The van der Waals surface area contributed by atoms with Crippen molar-refractivity contribution in [3.8, 4) is 0 Å². The largest absolute Gasteiger partial charge is 0.368 e. The van der Waals surface area contributed by atoms with Crippen molar-refractivity contribution in [2.45, 2.75) is 59.7 Å². The van der Waals surface area contributed by atoms with Gasteiger partial charge in [0.1, 0.15) is 6.54 Å². The summed E-state index contributed by atoms with van der Waals surface area (Å²) in [6.45, 7) is 14.3. The number of carbonyl (C=O) groups is 3. The molecule has 9 heteroatoms. The van der Waals surface area contributed by atoms with Crippen LogP contribution in [0.5, 0.6) is 0 Å². The van der Waals surface area contributed by atoms with Gasteiger partial charge < -0.3 is 30.7 Å². The number of anilines is 2. The molecule has 178 valence electrons. The summed E-state index contributed by atoms with van der Waals surface area (Å²) in [6, 6.07) is 7.42. The van der Waals surface area contributed by atoms with Crippen LogP contribution < -0.4 is 20.9 Å². The van der Waals surface area contributed by atoms with Crippen LogP contribution in [0.15, 0.2) is 24.3 Å². The van der Waals surface area contributed by atoms with E-state index in [1.165, 1.54) is 4.90 Å². The third kappa shape index (κ3) is 7.62. The van der Waals surface area contributed by atoms with Gasteiger partial charge in [0.05, 0.1) is 0 Å². The Balaban J connectivity index is 1.88. The van der Waals surface area contributed by atoms with Crippen molar-refractivity contribution >= 4 is 29.3 Å². The second-order valence-corrected chi connectivity index (χ2v) is 9.00. The number of piperazine rings is 1. The van der Waals surface area contributed by atoms with Crippen molar-refractivity contribution in [3.63, 3.8) is 0 Å². The second-order valence-electron chi connectivity index (χ2n) is 9.00. The van der Waals surface area contributed by atoms with Crippen LogP contribution in [0, 0.1) is 0 Å². The molecule has 32 heavy (non-hydrogen) atoms. The highest BCUT2D eigenvalue weighted by atomic mass is 16.2. The van der Waals surface area contributed by atoms with E-state index in [0.717, 1.165) is 18.8 Å². The Bertz CT molecular complexity index is 770. The van der Waals surface area contributed by atoms with E-state index in [1.807, 2.05) is 70.7 Å². The number of rotatable bonds is 7. The van der Waals surface area contributed by atoms with Crippen LogP contribution in [-0.4, -0.2) is 78.6 Å². The Labute approximate surface area is 191 Å². The minimum absolute atomic E-state index is 0.00538. The van der Waals surface area contributed by atoms with Crippen LogP contribution >= 0.6 is 0 Å². The first-order valence-electron chi connectivity index (χ1n) is 11.3. The fourth-order valence-corrected chi connectivity index (χ4v) is 3.44. The van der Waals surface area contributed by atoms with E-state index in [1.54, 1.807) is 0 Å². The lowest BCUT2D eigenvalue weighted by Crippen LogP contribution is -2.52. The molecule has 9 nitrogen and oxygen atoms in total. The summed E-state index contributed by atoms with van der Waals surface area (Å²) in [7, 11) is 0. The van der Waals surface area contributed by atoms with Gasteiger partial charge in [-0.15, -0.1) is 0 Å². The van der Waals surface area contributed by atoms with Crippen LogP contribution in [0.1, 0.15) is 41.5 Å². The van der Waals surface area contributed by atoms with Crippen molar-refractivity contribution in [1.29, 1.82) is 0 Å². The molecule has 0 radical (unpaired) electrons. The highest BCUT2D eigenvalue weighted by molar-refractivity contribution is 5.94. The van der Waals surface area contributed by atoms with Crippen molar-refractivity contribution < 1.29 is 14.4 Å². The summed E-state index contributed by atoms with van der Waals surface area (Å²) in [5.41, 5.74) is 1.73. The van der Waals surface area contributed by atoms with Gasteiger partial charge in [0.15, 0.2) is 0 Å².